The second kappa shape index (κ2) is 13.8. The van der Waals surface area contributed by atoms with Gasteiger partial charge in [-0.1, -0.05) is 85.8 Å². The SMILES string of the molecule is CCCCCCc1ccc(-c2cccc(C(=O)Oc3ccc(C(=O)Oc4ccc(C#N)c(Cl)c4)c(Cl)c3)c2)cc1. The van der Waals surface area contributed by atoms with Crippen LogP contribution in [0.15, 0.2) is 84.9 Å². The lowest BCUT2D eigenvalue weighted by atomic mass is 10.00. The third-order valence-electron chi connectivity index (χ3n) is 6.35. The average molecular weight is 572 g/mol. The van der Waals surface area contributed by atoms with Crippen LogP contribution in [-0.4, -0.2) is 11.9 Å². The fraction of sp³-hybridized carbons (Fsp3) is 0.182. The Hall–Kier alpha value is -4.11. The van der Waals surface area contributed by atoms with Gasteiger partial charge in [-0.25, -0.2) is 9.59 Å². The Morgan fingerprint density at radius 1 is 0.750 bits per heavy atom. The summed E-state index contributed by atoms with van der Waals surface area (Å²) in [5.74, 6) is -0.913. The van der Waals surface area contributed by atoms with Crippen LogP contribution in [-0.2, 0) is 6.42 Å². The summed E-state index contributed by atoms with van der Waals surface area (Å²) in [6, 6.07) is 26.1. The van der Waals surface area contributed by atoms with Gasteiger partial charge in [0.1, 0.15) is 17.6 Å². The number of esters is 2. The monoisotopic (exact) mass is 571 g/mol. The minimum absolute atomic E-state index is 0.0542. The summed E-state index contributed by atoms with van der Waals surface area (Å²) in [7, 11) is 0. The Morgan fingerprint density at radius 2 is 1.45 bits per heavy atom. The standard InChI is InChI=1S/C33H27Cl2NO4/c1-2-3-4-5-7-22-10-12-23(13-11-22)24-8-6-9-25(18-24)32(37)39-28-16-17-29(31(35)20-28)33(38)40-27-15-14-26(21-36)30(34)19-27/h6,8-20H,2-5,7H2,1H3. The Morgan fingerprint density at radius 3 is 2.12 bits per heavy atom. The molecule has 202 valence electrons. The number of benzene rings is 4. The van der Waals surface area contributed by atoms with Crippen LogP contribution in [0.5, 0.6) is 11.5 Å². The van der Waals surface area contributed by atoms with Crippen molar-refractivity contribution in [3.05, 3.63) is 117 Å². The molecular formula is C33H27Cl2NO4. The Bertz CT molecular complexity index is 1560. The number of rotatable bonds is 10. The zero-order valence-electron chi connectivity index (χ0n) is 22.0. The summed E-state index contributed by atoms with van der Waals surface area (Å²) < 4.78 is 10.8. The van der Waals surface area contributed by atoms with E-state index in [1.165, 1.54) is 67.6 Å². The van der Waals surface area contributed by atoms with Crippen LogP contribution < -0.4 is 9.47 Å². The first-order valence-corrected chi connectivity index (χ1v) is 13.8. The molecule has 0 atom stereocenters. The van der Waals surface area contributed by atoms with Crippen LogP contribution in [0.3, 0.4) is 0 Å². The van der Waals surface area contributed by atoms with E-state index < -0.39 is 11.9 Å². The van der Waals surface area contributed by atoms with E-state index in [2.05, 4.69) is 31.2 Å². The van der Waals surface area contributed by atoms with Crippen LogP contribution in [0, 0.1) is 11.3 Å². The van der Waals surface area contributed by atoms with Gasteiger partial charge in [0.15, 0.2) is 0 Å². The maximum Gasteiger partial charge on any atom is 0.345 e. The molecule has 5 nitrogen and oxygen atoms in total. The molecule has 0 unspecified atom stereocenters. The van der Waals surface area contributed by atoms with Crippen molar-refractivity contribution in [3.8, 4) is 28.7 Å². The molecular weight excluding hydrogens is 545 g/mol. The van der Waals surface area contributed by atoms with Gasteiger partial charge in [-0.3, -0.25) is 0 Å². The molecule has 7 heteroatoms. The fourth-order valence-electron chi connectivity index (χ4n) is 4.15. The summed E-state index contributed by atoms with van der Waals surface area (Å²) in [5, 5.41) is 9.20. The van der Waals surface area contributed by atoms with Crippen molar-refractivity contribution < 1.29 is 19.1 Å². The number of carbonyl (C=O) groups is 2. The van der Waals surface area contributed by atoms with Gasteiger partial charge in [-0.05, 0) is 65.9 Å². The topological polar surface area (TPSA) is 76.4 Å². The third-order valence-corrected chi connectivity index (χ3v) is 6.97. The highest BCUT2D eigenvalue weighted by molar-refractivity contribution is 6.34. The molecule has 0 radical (unpaired) electrons. The maximum atomic E-state index is 12.9. The molecule has 0 aliphatic carbocycles. The lowest BCUT2D eigenvalue weighted by Crippen LogP contribution is -2.11. The lowest BCUT2D eigenvalue weighted by molar-refractivity contribution is 0.0730. The number of nitrogens with zero attached hydrogens (tertiary/aromatic N) is 1. The number of carbonyl (C=O) groups excluding carboxylic acids is 2. The van der Waals surface area contributed by atoms with E-state index in [4.69, 9.17) is 37.9 Å². The fourth-order valence-corrected chi connectivity index (χ4v) is 4.61. The number of aryl methyl sites for hydroxylation is 1. The molecule has 0 amide bonds. The van der Waals surface area contributed by atoms with Crippen molar-refractivity contribution in [2.75, 3.05) is 0 Å². The van der Waals surface area contributed by atoms with Gasteiger partial charge < -0.3 is 9.47 Å². The zero-order chi connectivity index (χ0) is 28.5. The lowest BCUT2D eigenvalue weighted by Gasteiger charge is -2.10. The van der Waals surface area contributed by atoms with Crippen molar-refractivity contribution in [1.82, 2.24) is 0 Å². The molecule has 0 aliphatic heterocycles. The van der Waals surface area contributed by atoms with Gasteiger partial charge >= 0.3 is 11.9 Å². The molecule has 0 spiro atoms. The summed E-state index contributed by atoms with van der Waals surface area (Å²) in [6.07, 6.45) is 5.98. The minimum Gasteiger partial charge on any atom is -0.423 e. The minimum atomic E-state index is -0.719. The summed E-state index contributed by atoms with van der Waals surface area (Å²) in [6.45, 7) is 2.21. The van der Waals surface area contributed by atoms with Gasteiger partial charge in [-0.15, -0.1) is 0 Å². The second-order valence-electron chi connectivity index (χ2n) is 9.26. The number of hydrogen-bond acceptors (Lipinski definition) is 5. The average Bonchev–Trinajstić information content (AvgIpc) is 2.96. The Labute approximate surface area is 243 Å². The van der Waals surface area contributed by atoms with Crippen molar-refractivity contribution >= 4 is 35.1 Å². The van der Waals surface area contributed by atoms with E-state index in [1.807, 2.05) is 18.2 Å². The first-order valence-electron chi connectivity index (χ1n) is 13.0. The molecule has 0 saturated heterocycles. The van der Waals surface area contributed by atoms with Gasteiger partial charge in [0.2, 0.25) is 0 Å². The summed E-state index contributed by atoms with van der Waals surface area (Å²) in [4.78, 5) is 25.5. The molecule has 0 aromatic heterocycles. The summed E-state index contributed by atoms with van der Waals surface area (Å²) >= 11 is 12.3. The molecule has 0 saturated carbocycles. The molecule has 40 heavy (non-hydrogen) atoms. The number of hydrogen-bond donors (Lipinski definition) is 0. The predicted molar refractivity (Wildman–Crippen MR) is 157 cm³/mol. The molecule has 4 aromatic carbocycles. The van der Waals surface area contributed by atoms with Gasteiger partial charge in [0.25, 0.3) is 0 Å². The van der Waals surface area contributed by atoms with Crippen molar-refractivity contribution in [2.45, 2.75) is 39.0 Å². The smallest absolute Gasteiger partial charge is 0.345 e. The van der Waals surface area contributed by atoms with E-state index in [1.54, 1.807) is 12.1 Å². The highest BCUT2D eigenvalue weighted by atomic mass is 35.5. The van der Waals surface area contributed by atoms with E-state index in [-0.39, 0.29) is 32.7 Å². The molecule has 0 bridgehead atoms. The van der Waals surface area contributed by atoms with Gasteiger partial charge in [-0.2, -0.15) is 5.26 Å². The first kappa shape index (κ1) is 28.9. The van der Waals surface area contributed by atoms with Crippen LogP contribution in [0.2, 0.25) is 10.0 Å². The molecule has 0 heterocycles. The van der Waals surface area contributed by atoms with Crippen LogP contribution in [0.1, 0.15) is 64.4 Å². The van der Waals surface area contributed by atoms with Crippen molar-refractivity contribution in [2.24, 2.45) is 0 Å². The van der Waals surface area contributed by atoms with Crippen LogP contribution in [0.4, 0.5) is 0 Å². The maximum absolute atomic E-state index is 12.9. The largest absolute Gasteiger partial charge is 0.423 e. The summed E-state index contributed by atoms with van der Waals surface area (Å²) in [5.41, 5.74) is 3.96. The number of unbranched alkanes of at least 4 members (excludes halogenated alkanes) is 3. The zero-order valence-corrected chi connectivity index (χ0v) is 23.5. The first-order chi connectivity index (χ1) is 19.4. The normalized spacial score (nSPS) is 10.6. The van der Waals surface area contributed by atoms with Crippen molar-refractivity contribution in [1.29, 1.82) is 5.26 Å². The number of halogens is 2. The van der Waals surface area contributed by atoms with Crippen LogP contribution in [0.25, 0.3) is 11.1 Å². The van der Waals surface area contributed by atoms with Crippen LogP contribution >= 0.6 is 23.2 Å². The van der Waals surface area contributed by atoms with E-state index in [9.17, 15) is 9.59 Å². The Kier molecular flexibility index (Phi) is 9.96. The van der Waals surface area contributed by atoms with Crippen molar-refractivity contribution in [3.63, 3.8) is 0 Å². The third kappa shape index (κ3) is 7.51. The predicted octanol–water partition coefficient (Wildman–Crippen LogP) is 9.09. The van der Waals surface area contributed by atoms with E-state index in [0.717, 1.165) is 17.5 Å². The molecule has 0 aliphatic rings. The molecule has 4 rings (SSSR count). The highest BCUT2D eigenvalue weighted by Gasteiger charge is 2.17. The van der Waals surface area contributed by atoms with E-state index >= 15 is 0 Å². The molecule has 0 N–H and O–H groups in total. The van der Waals surface area contributed by atoms with Gasteiger partial charge in [0, 0.05) is 12.1 Å². The Balaban J connectivity index is 1.40. The quantitative estimate of drug-likeness (QED) is 0.108. The molecule has 0 fully saturated rings. The number of nitriles is 1. The molecule has 4 aromatic rings. The second-order valence-corrected chi connectivity index (χ2v) is 10.1. The highest BCUT2D eigenvalue weighted by Crippen LogP contribution is 2.28. The van der Waals surface area contributed by atoms with E-state index in [0.29, 0.717) is 5.56 Å². The number of ether oxygens (including phenoxy) is 2. The van der Waals surface area contributed by atoms with Gasteiger partial charge in [0.05, 0.1) is 26.7 Å².